The van der Waals surface area contributed by atoms with E-state index in [1.165, 1.54) is 18.2 Å². The van der Waals surface area contributed by atoms with Crippen LogP contribution in [-0.2, 0) is 9.84 Å². The minimum Gasteiger partial charge on any atom is -0.487 e. The Labute approximate surface area is 149 Å². The first kappa shape index (κ1) is 20.9. The summed E-state index contributed by atoms with van der Waals surface area (Å²) in [4.78, 5) is 2.43. The number of nitrogens with two attached hydrogens (primary N) is 1. The van der Waals surface area contributed by atoms with Gasteiger partial charge in [-0.25, -0.2) is 12.8 Å². The van der Waals surface area contributed by atoms with Crippen LogP contribution in [0.3, 0.4) is 0 Å². The second kappa shape index (κ2) is 9.98. The first-order valence-electron chi connectivity index (χ1n) is 7.74. The predicted molar refractivity (Wildman–Crippen MR) is 95.2 cm³/mol. The molecule has 0 aromatic heterocycles. The summed E-state index contributed by atoms with van der Waals surface area (Å²) in [7, 11) is -3.30. The van der Waals surface area contributed by atoms with Gasteiger partial charge in [0.15, 0.2) is 9.84 Å². The summed E-state index contributed by atoms with van der Waals surface area (Å²) >= 11 is 0. The average Bonchev–Trinajstić information content (AvgIpc) is 3.05. The van der Waals surface area contributed by atoms with Crippen LogP contribution in [0.2, 0.25) is 0 Å². The lowest BCUT2D eigenvalue weighted by molar-refractivity contribution is 0.318. The first-order valence-corrected chi connectivity index (χ1v) is 9.39. The van der Waals surface area contributed by atoms with Gasteiger partial charge in [-0.1, -0.05) is 0 Å². The topological polar surface area (TPSA) is 72.6 Å². The molecule has 1 aliphatic heterocycles. The molecule has 1 fully saturated rings. The zero-order valence-corrected chi connectivity index (χ0v) is 15.1. The highest BCUT2D eigenvalue weighted by atomic mass is 35.5. The van der Waals surface area contributed by atoms with Crippen molar-refractivity contribution in [2.45, 2.75) is 17.7 Å². The zero-order chi connectivity index (χ0) is 16.7. The van der Waals surface area contributed by atoms with Crippen molar-refractivity contribution in [3.05, 3.63) is 36.2 Å². The molecule has 0 spiro atoms. The molecule has 2 rings (SSSR count). The zero-order valence-electron chi connectivity index (χ0n) is 13.5. The van der Waals surface area contributed by atoms with Crippen LogP contribution < -0.4 is 10.5 Å². The van der Waals surface area contributed by atoms with Crippen molar-refractivity contribution in [3.8, 4) is 5.75 Å². The summed E-state index contributed by atoms with van der Waals surface area (Å²) in [5, 5.41) is 0. The standard InChI is InChI=1S/C16H23FN2O3S.ClH/c17-14(7-8-18)13-22-15-3-5-16(6-4-15)23(20,21)12-11-19-9-1-2-10-19;/h3-7H,1-2,8-13,18H2;1H/b14-7+;. The summed E-state index contributed by atoms with van der Waals surface area (Å²) in [6.07, 6.45) is 3.51. The highest BCUT2D eigenvalue weighted by Gasteiger charge is 2.18. The number of halogens is 2. The van der Waals surface area contributed by atoms with Crippen LogP contribution >= 0.6 is 12.4 Å². The highest BCUT2D eigenvalue weighted by Crippen LogP contribution is 2.18. The highest BCUT2D eigenvalue weighted by molar-refractivity contribution is 7.91. The third kappa shape index (κ3) is 6.39. The van der Waals surface area contributed by atoms with Gasteiger partial charge >= 0.3 is 0 Å². The van der Waals surface area contributed by atoms with Crippen LogP contribution in [-0.4, -0.2) is 51.9 Å². The Balaban J connectivity index is 0.00000288. The minimum atomic E-state index is -3.30. The van der Waals surface area contributed by atoms with E-state index in [0.29, 0.717) is 12.3 Å². The first-order chi connectivity index (χ1) is 11.0. The summed E-state index contributed by atoms with van der Waals surface area (Å²) in [6.45, 7) is 2.42. The van der Waals surface area contributed by atoms with Crippen LogP contribution in [0.4, 0.5) is 4.39 Å². The molecule has 1 aromatic carbocycles. The summed E-state index contributed by atoms with van der Waals surface area (Å²) in [6, 6.07) is 6.08. The molecule has 1 saturated heterocycles. The molecule has 8 heteroatoms. The molecular weight excluding hydrogens is 355 g/mol. The van der Waals surface area contributed by atoms with Gasteiger partial charge in [0.25, 0.3) is 0 Å². The maximum Gasteiger partial charge on any atom is 0.179 e. The lowest BCUT2D eigenvalue weighted by atomic mass is 10.3. The van der Waals surface area contributed by atoms with Gasteiger partial charge in [0.05, 0.1) is 10.6 Å². The van der Waals surface area contributed by atoms with E-state index < -0.39 is 15.7 Å². The monoisotopic (exact) mass is 378 g/mol. The summed E-state index contributed by atoms with van der Waals surface area (Å²) in [5.41, 5.74) is 5.20. The van der Waals surface area contributed by atoms with Gasteiger partial charge in [-0.2, -0.15) is 0 Å². The van der Waals surface area contributed by atoms with Crippen LogP contribution in [0.15, 0.2) is 41.1 Å². The molecule has 0 radical (unpaired) electrons. The van der Waals surface area contributed by atoms with Crippen molar-refractivity contribution in [1.82, 2.24) is 4.90 Å². The molecule has 1 heterocycles. The Bertz CT molecular complexity index is 629. The Hall–Kier alpha value is -1.15. The van der Waals surface area contributed by atoms with E-state index in [1.54, 1.807) is 12.1 Å². The number of sulfone groups is 1. The predicted octanol–water partition coefficient (Wildman–Crippen LogP) is 2.17. The van der Waals surface area contributed by atoms with Crippen LogP contribution in [0, 0.1) is 0 Å². The van der Waals surface area contributed by atoms with Gasteiger partial charge in [-0.3, -0.25) is 0 Å². The van der Waals surface area contributed by atoms with E-state index in [9.17, 15) is 12.8 Å². The van der Waals surface area contributed by atoms with E-state index in [4.69, 9.17) is 10.5 Å². The number of benzene rings is 1. The Morgan fingerprint density at radius 2 is 1.88 bits per heavy atom. The van der Waals surface area contributed by atoms with E-state index >= 15 is 0 Å². The van der Waals surface area contributed by atoms with E-state index in [0.717, 1.165) is 25.9 Å². The number of hydrogen-bond acceptors (Lipinski definition) is 5. The quantitative estimate of drug-likeness (QED) is 0.750. The van der Waals surface area contributed by atoms with Crippen molar-refractivity contribution < 1.29 is 17.5 Å². The van der Waals surface area contributed by atoms with Crippen LogP contribution in [0.5, 0.6) is 5.75 Å². The fraction of sp³-hybridized carbons (Fsp3) is 0.500. The second-order valence-electron chi connectivity index (χ2n) is 5.51. The number of hydrogen-bond donors (Lipinski definition) is 1. The molecule has 0 unspecified atom stereocenters. The third-order valence-corrected chi connectivity index (χ3v) is 5.48. The maximum absolute atomic E-state index is 13.2. The molecule has 5 nitrogen and oxygen atoms in total. The molecule has 0 amide bonds. The molecule has 0 aliphatic carbocycles. The van der Waals surface area contributed by atoms with Crippen LogP contribution in [0.25, 0.3) is 0 Å². The molecule has 1 aliphatic rings. The van der Waals surface area contributed by atoms with Crippen LogP contribution in [0.1, 0.15) is 12.8 Å². The molecule has 0 saturated carbocycles. The largest absolute Gasteiger partial charge is 0.487 e. The Morgan fingerprint density at radius 3 is 2.46 bits per heavy atom. The molecule has 1 aromatic rings. The van der Waals surface area contributed by atoms with Crippen molar-refractivity contribution in [1.29, 1.82) is 0 Å². The third-order valence-electron chi connectivity index (χ3n) is 3.77. The van der Waals surface area contributed by atoms with Crippen molar-refractivity contribution in [3.63, 3.8) is 0 Å². The van der Waals surface area contributed by atoms with Gasteiger partial charge in [-0.05, 0) is 56.3 Å². The summed E-state index contributed by atoms with van der Waals surface area (Å²) in [5.74, 6) is 0.0834. The molecule has 0 atom stereocenters. The summed E-state index contributed by atoms with van der Waals surface area (Å²) < 4.78 is 43.0. The van der Waals surface area contributed by atoms with Gasteiger partial charge < -0.3 is 15.4 Å². The normalized spacial score (nSPS) is 16.0. The lowest BCUT2D eigenvalue weighted by Gasteiger charge is -2.14. The van der Waals surface area contributed by atoms with Gasteiger partial charge in [0, 0.05) is 13.1 Å². The molecule has 136 valence electrons. The van der Waals surface area contributed by atoms with Gasteiger partial charge in [0.1, 0.15) is 18.2 Å². The fourth-order valence-corrected chi connectivity index (χ4v) is 3.74. The minimum absolute atomic E-state index is 0. The van der Waals surface area contributed by atoms with E-state index in [2.05, 4.69) is 4.90 Å². The van der Waals surface area contributed by atoms with Gasteiger partial charge in [0.2, 0.25) is 0 Å². The molecule has 2 N–H and O–H groups in total. The average molecular weight is 379 g/mol. The molecular formula is C16H24ClFN2O3S. The molecule has 0 bridgehead atoms. The fourth-order valence-electron chi connectivity index (χ4n) is 2.46. The number of nitrogens with zero attached hydrogens (tertiary/aromatic N) is 1. The maximum atomic E-state index is 13.2. The second-order valence-corrected chi connectivity index (χ2v) is 7.62. The number of ether oxygens (including phenoxy) is 1. The van der Waals surface area contributed by atoms with E-state index in [1.807, 2.05) is 0 Å². The number of likely N-dealkylation sites (tertiary alicyclic amines) is 1. The van der Waals surface area contributed by atoms with Crippen molar-refractivity contribution >= 4 is 22.2 Å². The number of rotatable bonds is 8. The smallest absolute Gasteiger partial charge is 0.179 e. The van der Waals surface area contributed by atoms with Gasteiger partial charge in [-0.15, -0.1) is 12.4 Å². The Morgan fingerprint density at radius 1 is 1.25 bits per heavy atom. The SMILES string of the molecule is Cl.NC/C=C(/F)COc1ccc(S(=O)(=O)CCN2CCCC2)cc1. The lowest BCUT2D eigenvalue weighted by Crippen LogP contribution is -2.26. The molecule has 24 heavy (non-hydrogen) atoms. The van der Waals surface area contributed by atoms with Crippen molar-refractivity contribution in [2.75, 3.05) is 38.5 Å². The van der Waals surface area contributed by atoms with E-state index in [-0.39, 0.29) is 36.2 Å². The Kier molecular flexibility index (Phi) is 8.69. The van der Waals surface area contributed by atoms with Crippen molar-refractivity contribution in [2.24, 2.45) is 5.73 Å².